The summed E-state index contributed by atoms with van der Waals surface area (Å²) in [6.45, 7) is 2.23. The van der Waals surface area contributed by atoms with Gasteiger partial charge in [0.15, 0.2) is 23.2 Å². The molecule has 5 nitrogen and oxygen atoms in total. The average Bonchev–Trinajstić information content (AvgIpc) is 3.10. The summed E-state index contributed by atoms with van der Waals surface area (Å²) in [6.07, 6.45) is 0. The second kappa shape index (κ2) is 8.44. The third-order valence-corrected chi connectivity index (χ3v) is 4.16. The topological polar surface area (TPSA) is 60.5 Å². The van der Waals surface area contributed by atoms with Gasteiger partial charge in [0.05, 0.1) is 12.3 Å². The van der Waals surface area contributed by atoms with Crippen molar-refractivity contribution in [2.45, 2.75) is 6.92 Å². The van der Waals surface area contributed by atoms with Gasteiger partial charge in [0, 0.05) is 10.9 Å². The highest BCUT2D eigenvalue weighted by Gasteiger charge is 2.10. The average molecular weight is 372 g/mol. The molecule has 0 unspecified atom stereocenters. The van der Waals surface area contributed by atoms with Crippen molar-refractivity contribution >= 4 is 22.4 Å². The van der Waals surface area contributed by atoms with Gasteiger partial charge in [-0.25, -0.2) is 9.37 Å². The van der Waals surface area contributed by atoms with Gasteiger partial charge in [-0.15, -0.1) is 11.3 Å². The molecule has 3 rings (SSSR count). The minimum Gasteiger partial charge on any atom is -0.490 e. The lowest BCUT2D eigenvalue weighted by atomic mass is 10.2. The van der Waals surface area contributed by atoms with Gasteiger partial charge in [-0.2, -0.15) is 0 Å². The van der Waals surface area contributed by atoms with Crippen molar-refractivity contribution in [3.05, 3.63) is 59.7 Å². The first kappa shape index (κ1) is 17.9. The third-order valence-electron chi connectivity index (χ3n) is 3.40. The van der Waals surface area contributed by atoms with E-state index in [1.165, 1.54) is 23.5 Å². The molecule has 0 atom stereocenters. The second-order valence-corrected chi connectivity index (χ2v) is 6.12. The van der Waals surface area contributed by atoms with E-state index in [2.05, 4.69) is 10.3 Å². The van der Waals surface area contributed by atoms with Crippen LogP contribution in [-0.2, 0) is 4.79 Å². The van der Waals surface area contributed by atoms with Crippen molar-refractivity contribution < 1.29 is 18.7 Å². The van der Waals surface area contributed by atoms with E-state index < -0.39 is 0 Å². The highest BCUT2D eigenvalue weighted by atomic mass is 32.1. The highest BCUT2D eigenvalue weighted by molar-refractivity contribution is 7.14. The van der Waals surface area contributed by atoms with E-state index in [0.29, 0.717) is 28.9 Å². The first-order valence-corrected chi connectivity index (χ1v) is 8.89. The number of aromatic nitrogens is 1. The van der Waals surface area contributed by atoms with Crippen LogP contribution < -0.4 is 14.8 Å². The predicted octanol–water partition coefficient (Wildman–Crippen LogP) is 4.37. The molecule has 0 aliphatic rings. The summed E-state index contributed by atoms with van der Waals surface area (Å²) < 4.78 is 24.0. The number of halogens is 1. The molecule has 0 spiro atoms. The van der Waals surface area contributed by atoms with Gasteiger partial charge < -0.3 is 9.47 Å². The zero-order valence-electron chi connectivity index (χ0n) is 14.1. The second-order valence-electron chi connectivity index (χ2n) is 5.26. The van der Waals surface area contributed by atoms with Gasteiger partial charge in [-0.05, 0) is 43.3 Å². The molecule has 1 heterocycles. The number of carbonyl (C=O) groups is 1. The van der Waals surface area contributed by atoms with Crippen LogP contribution >= 0.6 is 11.3 Å². The van der Waals surface area contributed by atoms with E-state index in [1.54, 1.807) is 29.6 Å². The van der Waals surface area contributed by atoms with Crippen LogP contribution in [0.2, 0.25) is 0 Å². The molecule has 0 saturated carbocycles. The molecule has 0 saturated heterocycles. The Balaban J connectivity index is 1.58. The quantitative estimate of drug-likeness (QED) is 0.669. The van der Waals surface area contributed by atoms with E-state index in [1.807, 2.05) is 19.1 Å². The van der Waals surface area contributed by atoms with Crippen LogP contribution in [0.5, 0.6) is 11.5 Å². The molecule has 0 aliphatic carbocycles. The van der Waals surface area contributed by atoms with E-state index in [-0.39, 0.29) is 18.3 Å². The number of thiazole rings is 1. The number of nitrogens with one attached hydrogen (secondary N) is 1. The molecular weight excluding hydrogens is 355 g/mol. The summed E-state index contributed by atoms with van der Waals surface area (Å²) in [6, 6.07) is 13.2. The van der Waals surface area contributed by atoms with Crippen molar-refractivity contribution in [1.29, 1.82) is 0 Å². The van der Waals surface area contributed by atoms with Crippen molar-refractivity contribution in [2.24, 2.45) is 0 Å². The molecule has 0 bridgehead atoms. The fraction of sp³-hybridized carbons (Fsp3) is 0.158. The Morgan fingerprint density at radius 3 is 2.50 bits per heavy atom. The number of amides is 1. The number of para-hydroxylation sites is 2. The monoisotopic (exact) mass is 372 g/mol. The lowest BCUT2D eigenvalue weighted by molar-refractivity contribution is -0.118. The van der Waals surface area contributed by atoms with E-state index >= 15 is 0 Å². The Morgan fingerprint density at radius 1 is 1.12 bits per heavy atom. The first-order chi connectivity index (χ1) is 12.7. The molecule has 0 aliphatic heterocycles. The van der Waals surface area contributed by atoms with Crippen LogP contribution in [0.25, 0.3) is 11.3 Å². The van der Waals surface area contributed by atoms with E-state index in [4.69, 9.17) is 9.47 Å². The standard InChI is InChI=1S/C19H17FN2O3S/c1-2-24-16-5-3-4-6-17(16)25-11-18(23)22-19-21-15(12-26-19)13-7-9-14(20)10-8-13/h3-10,12H,2,11H2,1H3,(H,21,22,23). The molecule has 1 amide bonds. The Hall–Kier alpha value is -2.93. The minimum absolute atomic E-state index is 0.157. The number of ether oxygens (including phenoxy) is 2. The molecule has 7 heteroatoms. The van der Waals surface area contributed by atoms with E-state index in [0.717, 1.165) is 5.56 Å². The van der Waals surface area contributed by atoms with Gasteiger partial charge >= 0.3 is 0 Å². The van der Waals surface area contributed by atoms with Crippen molar-refractivity contribution in [1.82, 2.24) is 4.98 Å². The number of benzene rings is 2. The molecule has 0 fully saturated rings. The van der Waals surface area contributed by atoms with Crippen molar-refractivity contribution in [2.75, 3.05) is 18.5 Å². The van der Waals surface area contributed by atoms with Crippen LogP contribution in [0.3, 0.4) is 0 Å². The smallest absolute Gasteiger partial charge is 0.264 e. The Labute approximate surface area is 154 Å². The predicted molar refractivity (Wildman–Crippen MR) is 99.2 cm³/mol. The fourth-order valence-electron chi connectivity index (χ4n) is 2.23. The summed E-state index contributed by atoms with van der Waals surface area (Å²) in [5.41, 5.74) is 1.46. The first-order valence-electron chi connectivity index (χ1n) is 8.01. The van der Waals surface area contributed by atoms with Gasteiger partial charge in [0.25, 0.3) is 5.91 Å². The van der Waals surface area contributed by atoms with Gasteiger partial charge in [0.1, 0.15) is 5.82 Å². The normalized spacial score (nSPS) is 10.4. The van der Waals surface area contributed by atoms with Gasteiger partial charge in [0.2, 0.25) is 0 Å². The van der Waals surface area contributed by atoms with Crippen LogP contribution in [-0.4, -0.2) is 24.1 Å². The highest BCUT2D eigenvalue weighted by Crippen LogP contribution is 2.27. The van der Waals surface area contributed by atoms with E-state index in [9.17, 15) is 9.18 Å². The molecule has 0 radical (unpaired) electrons. The lowest BCUT2D eigenvalue weighted by Crippen LogP contribution is -2.20. The van der Waals surface area contributed by atoms with Gasteiger partial charge in [-0.1, -0.05) is 12.1 Å². The molecule has 134 valence electrons. The SMILES string of the molecule is CCOc1ccccc1OCC(=O)Nc1nc(-c2ccc(F)cc2)cs1. The summed E-state index contributed by atoms with van der Waals surface area (Å²) in [5.74, 6) is 0.476. The maximum atomic E-state index is 13.0. The van der Waals surface area contributed by atoms with Crippen LogP contribution in [0, 0.1) is 5.82 Å². The zero-order valence-corrected chi connectivity index (χ0v) is 14.9. The van der Waals surface area contributed by atoms with Crippen LogP contribution in [0.1, 0.15) is 6.92 Å². The zero-order chi connectivity index (χ0) is 18.4. The Kier molecular flexibility index (Phi) is 5.80. The summed E-state index contributed by atoms with van der Waals surface area (Å²) in [7, 11) is 0. The molecule has 2 aromatic carbocycles. The van der Waals surface area contributed by atoms with Crippen molar-refractivity contribution in [3.63, 3.8) is 0 Å². The Bertz CT molecular complexity index is 881. The summed E-state index contributed by atoms with van der Waals surface area (Å²) in [5, 5.41) is 4.95. The largest absolute Gasteiger partial charge is 0.490 e. The molecule has 1 aromatic heterocycles. The molecule has 3 aromatic rings. The molecular formula is C19H17FN2O3S. The number of nitrogens with zero attached hydrogens (tertiary/aromatic N) is 1. The maximum Gasteiger partial charge on any atom is 0.264 e. The maximum absolute atomic E-state index is 13.0. The lowest BCUT2D eigenvalue weighted by Gasteiger charge is -2.10. The summed E-state index contributed by atoms with van der Waals surface area (Å²) >= 11 is 1.29. The molecule has 1 N–H and O–H groups in total. The third kappa shape index (κ3) is 4.58. The number of rotatable bonds is 7. The van der Waals surface area contributed by atoms with Crippen molar-refractivity contribution in [3.8, 4) is 22.8 Å². The van der Waals surface area contributed by atoms with Crippen LogP contribution in [0.15, 0.2) is 53.9 Å². The number of hydrogen-bond acceptors (Lipinski definition) is 5. The van der Waals surface area contributed by atoms with Gasteiger partial charge in [-0.3, -0.25) is 10.1 Å². The number of carbonyl (C=O) groups excluding carboxylic acids is 1. The fourth-order valence-corrected chi connectivity index (χ4v) is 2.96. The molecule has 26 heavy (non-hydrogen) atoms. The number of anilines is 1. The number of hydrogen-bond donors (Lipinski definition) is 1. The Morgan fingerprint density at radius 2 is 1.81 bits per heavy atom. The minimum atomic E-state index is -0.323. The van der Waals surface area contributed by atoms with Crippen LogP contribution in [0.4, 0.5) is 9.52 Å². The summed E-state index contributed by atoms with van der Waals surface area (Å²) in [4.78, 5) is 16.4.